The van der Waals surface area contributed by atoms with Crippen LogP contribution in [0.15, 0.2) is 0 Å². The molecular weight excluding hydrogens is 525 g/mol. The molecule has 0 aromatic carbocycles. The monoisotopic (exact) mass is 590 g/mol. The molecule has 0 fully saturated rings. The maximum absolute atomic E-state index is 11.5. The predicted molar refractivity (Wildman–Crippen MR) is 172 cm³/mol. The summed E-state index contributed by atoms with van der Waals surface area (Å²) >= 11 is 0. The minimum absolute atomic E-state index is 0.117. The molecule has 0 aromatic rings. The van der Waals surface area contributed by atoms with Crippen LogP contribution >= 0.6 is 0 Å². The van der Waals surface area contributed by atoms with Crippen molar-refractivity contribution in [1.29, 1.82) is 0 Å². The van der Waals surface area contributed by atoms with Crippen LogP contribution in [0.5, 0.6) is 0 Å². The lowest BCUT2D eigenvalue weighted by Gasteiger charge is -2.36. The molecule has 0 N–H and O–H groups in total. The van der Waals surface area contributed by atoms with Gasteiger partial charge in [-0.25, -0.2) is 0 Å². The lowest BCUT2D eigenvalue weighted by molar-refractivity contribution is -0.140. The second-order valence-corrected chi connectivity index (χ2v) is 27.4. The lowest BCUT2D eigenvalue weighted by Crippen LogP contribution is -2.44. The average molecular weight is 591 g/mol. The summed E-state index contributed by atoms with van der Waals surface area (Å²) in [5.41, 5.74) is 0. The Bertz CT molecular complexity index is 596. The number of unbranched alkanes of at least 4 members (excludes halogenated alkanes) is 7. The van der Waals surface area contributed by atoms with Gasteiger partial charge >= 0.3 is 5.97 Å². The third-order valence-electron chi connectivity index (χ3n) is 6.44. The summed E-state index contributed by atoms with van der Waals surface area (Å²) in [4.78, 5) is 11.5. The van der Waals surface area contributed by atoms with Crippen molar-refractivity contribution in [3.05, 3.63) is 0 Å². The summed E-state index contributed by atoms with van der Waals surface area (Å²) in [7, 11) is -3.39. The number of hydrogen-bond acceptors (Lipinski definition) is 5. The quantitative estimate of drug-likeness (QED) is 0.0636. The second-order valence-electron chi connectivity index (χ2n) is 14.1. The predicted octanol–water partition coefficient (Wildman–Crippen LogP) is 9.69. The summed E-state index contributed by atoms with van der Waals surface area (Å²) < 4.78 is 24.7. The Labute approximate surface area is 240 Å². The highest BCUT2D eigenvalue weighted by molar-refractivity contribution is 6.70. The summed E-state index contributed by atoms with van der Waals surface area (Å²) in [5, 5.41) is 0. The maximum Gasteiger partial charge on any atom is 0.305 e. The van der Waals surface area contributed by atoms with Crippen LogP contribution in [0.2, 0.25) is 58.9 Å². The third-order valence-corrected chi connectivity index (χ3v) is 9.50. The Balaban J connectivity index is 4.59. The smallest absolute Gasteiger partial charge is 0.305 e. The average Bonchev–Trinajstić information content (AvgIpc) is 2.76. The Hall–Kier alpha value is 0.000649. The Morgan fingerprint density at radius 2 is 0.947 bits per heavy atom. The first-order valence-electron chi connectivity index (χ1n) is 15.7. The van der Waals surface area contributed by atoms with Crippen molar-refractivity contribution in [1.82, 2.24) is 0 Å². The first kappa shape index (κ1) is 38.0. The van der Waals surface area contributed by atoms with Gasteiger partial charge in [0.2, 0.25) is 0 Å². The zero-order valence-electron chi connectivity index (χ0n) is 27.4. The van der Waals surface area contributed by atoms with Crippen LogP contribution in [0.1, 0.15) is 103 Å². The van der Waals surface area contributed by atoms with Crippen molar-refractivity contribution in [2.45, 2.75) is 180 Å². The minimum atomic E-state index is -1.64. The molecule has 0 heterocycles. The van der Waals surface area contributed by atoms with Crippen LogP contribution < -0.4 is 0 Å². The third kappa shape index (κ3) is 23.9. The summed E-state index contributed by atoms with van der Waals surface area (Å²) in [6, 6.07) is 0. The Morgan fingerprint density at radius 3 is 1.37 bits per heavy atom. The number of rotatable bonds is 24. The molecular formula is C30H66O5Si3. The SMILES string of the molecule is CCCCCC(O[Si](C)(C)C)C(CCCCCCCCC(CCCC(=O)OC)O[Si](C)(C)C)O[Si](C)(C)C. The van der Waals surface area contributed by atoms with E-state index >= 15 is 0 Å². The fourth-order valence-corrected chi connectivity index (χ4v) is 8.50. The van der Waals surface area contributed by atoms with Crippen LogP contribution in [0, 0.1) is 0 Å². The molecule has 0 aromatic heterocycles. The van der Waals surface area contributed by atoms with Gasteiger partial charge in [0.1, 0.15) is 0 Å². The van der Waals surface area contributed by atoms with Gasteiger partial charge in [-0.3, -0.25) is 4.79 Å². The number of esters is 1. The van der Waals surface area contributed by atoms with Gasteiger partial charge in [0, 0.05) is 12.5 Å². The van der Waals surface area contributed by atoms with Gasteiger partial charge in [0.05, 0.1) is 19.3 Å². The van der Waals surface area contributed by atoms with Crippen molar-refractivity contribution >= 4 is 30.9 Å². The first-order valence-corrected chi connectivity index (χ1v) is 25.9. The van der Waals surface area contributed by atoms with Gasteiger partial charge in [-0.2, -0.15) is 0 Å². The van der Waals surface area contributed by atoms with Crippen LogP contribution in [-0.2, 0) is 22.8 Å². The molecule has 3 atom stereocenters. The topological polar surface area (TPSA) is 54.0 Å². The number of carbonyl (C=O) groups is 1. The van der Waals surface area contributed by atoms with E-state index in [1.807, 2.05) is 0 Å². The van der Waals surface area contributed by atoms with Gasteiger partial charge in [0.25, 0.3) is 0 Å². The van der Waals surface area contributed by atoms with Gasteiger partial charge in [0.15, 0.2) is 25.0 Å². The molecule has 0 rings (SSSR count). The van der Waals surface area contributed by atoms with Crippen LogP contribution in [0.25, 0.3) is 0 Å². The van der Waals surface area contributed by atoms with Crippen LogP contribution in [0.4, 0.5) is 0 Å². The summed E-state index contributed by atoms with van der Waals surface area (Å²) in [6.45, 7) is 22.9. The molecule has 0 radical (unpaired) electrons. The van der Waals surface area contributed by atoms with Gasteiger partial charge in [-0.15, -0.1) is 0 Å². The van der Waals surface area contributed by atoms with Gasteiger partial charge in [-0.05, 0) is 91.0 Å². The highest BCUT2D eigenvalue weighted by Gasteiger charge is 2.31. The van der Waals surface area contributed by atoms with E-state index in [1.165, 1.54) is 64.9 Å². The second kappa shape index (κ2) is 20.0. The molecule has 8 heteroatoms. The molecule has 5 nitrogen and oxygen atoms in total. The normalized spacial score (nSPS) is 15.3. The Kier molecular flexibility index (Phi) is 20.0. The minimum Gasteiger partial charge on any atom is -0.469 e. The van der Waals surface area contributed by atoms with E-state index in [4.69, 9.17) is 18.0 Å². The van der Waals surface area contributed by atoms with E-state index in [2.05, 4.69) is 65.8 Å². The fraction of sp³-hybridized carbons (Fsp3) is 0.967. The zero-order valence-corrected chi connectivity index (χ0v) is 30.4. The van der Waals surface area contributed by atoms with E-state index in [0.29, 0.717) is 6.42 Å². The van der Waals surface area contributed by atoms with E-state index in [1.54, 1.807) is 0 Å². The van der Waals surface area contributed by atoms with Crippen molar-refractivity contribution in [2.75, 3.05) is 7.11 Å². The molecule has 0 aliphatic carbocycles. The zero-order chi connectivity index (χ0) is 29.2. The lowest BCUT2D eigenvalue weighted by atomic mass is 9.99. The molecule has 0 saturated heterocycles. The van der Waals surface area contributed by atoms with Gasteiger partial charge < -0.3 is 18.0 Å². The van der Waals surface area contributed by atoms with E-state index < -0.39 is 25.0 Å². The number of carbonyl (C=O) groups excluding carboxylic acids is 1. The molecule has 228 valence electrons. The molecule has 0 bridgehead atoms. The van der Waals surface area contributed by atoms with E-state index in [0.717, 1.165) is 32.1 Å². The first-order chi connectivity index (χ1) is 17.6. The molecule has 0 aliphatic rings. The Morgan fingerprint density at radius 1 is 0.553 bits per heavy atom. The van der Waals surface area contributed by atoms with Crippen molar-refractivity contribution in [2.24, 2.45) is 0 Å². The van der Waals surface area contributed by atoms with E-state index in [9.17, 15) is 4.79 Å². The fourth-order valence-electron chi connectivity index (χ4n) is 4.91. The largest absolute Gasteiger partial charge is 0.469 e. The highest BCUT2D eigenvalue weighted by atomic mass is 28.4. The summed E-state index contributed by atoms with van der Waals surface area (Å²) in [5.74, 6) is -0.117. The van der Waals surface area contributed by atoms with Crippen LogP contribution in [0.3, 0.4) is 0 Å². The molecule has 0 saturated carbocycles. The number of hydrogen-bond donors (Lipinski definition) is 0. The standard InChI is InChI=1S/C30H66O5Si3/c1-12-13-18-24-28(34-37(6,7)8)29(35-38(9,10)11)25-20-17-15-14-16-19-22-27(33-36(3,4)5)23-21-26-30(31)32-2/h27-29H,12-26H2,1-11H3. The molecule has 3 unspecified atom stereocenters. The van der Waals surface area contributed by atoms with Crippen molar-refractivity contribution in [3.8, 4) is 0 Å². The molecule has 38 heavy (non-hydrogen) atoms. The molecule has 0 amide bonds. The number of ether oxygens (including phenoxy) is 1. The molecule has 0 aliphatic heterocycles. The highest BCUT2D eigenvalue weighted by Crippen LogP contribution is 2.26. The van der Waals surface area contributed by atoms with Crippen molar-refractivity contribution < 1.29 is 22.8 Å². The number of methoxy groups -OCH3 is 1. The maximum atomic E-state index is 11.5. The van der Waals surface area contributed by atoms with E-state index in [-0.39, 0.29) is 24.3 Å². The van der Waals surface area contributed by atoms with Gasteiger partial charge in [-0.1, -0.05) is 64.7 Å². The van der Waals surface area contributed by atoms with Crippen LogP contribution in [-0.4, -0.2) is 56.3 Å². The molecule has 0 spiro atoms. The summed E-state index contributed by atoms with van der Waals surface area (Å²) in [6.07, 6.45) is 17.7. The van der Waals surface area contributed by atoms with Crippen molar-refractivity contribution in [3.63, 3.8) is 0 Å².